The first-order chi connectivity index (χ1) is 21.9. The number of benzene rings is 4. The van der Waals surface area contributed by atoms with Crippen LogP contribution in [0.4, 0.5) is 0 Å². The van der Waals surface area contributed by atoms with Gasteiger partial charge in [0.1, 0.15) is 12.6 Å². The van der Waals surface area contributed by atoms with Gasteiger partial charge in [0, 0.05) is 18.0 Å². The molecule has 1 amide bonds. The van der Waals surface area contributed by atoms with E-state index in [1.54, 1.807) is 16.7 Å². The molecule has 8 nitrogen and oxygen atoms in total. The number of carboxylic acid groups (broad SMARTS) is 1. The highest BCUT2D eigenvalue weighted by atomic mass is 16.5. The van der Waals surface area contributed by atoms with Crippen molar-refractivity contribution in [3.63, 3.8) is 0 Å². The second-order valence-electron chi connectivity index (χ2n) is 10.7. The number of nitrogens with zero attached hydrogens (tertiary/aromatic N) is 2. The van der Waals surface area contributed by atoms with Gasteiger partial charge >= 0.3 is 5.97 Å². The van der Waals surface area contributed by atoms with Gasteiger partial charge in [-0.05, 0) is 58.0 Å². The van der Waals surface area contributed by atoms with Crippen LogP contribution in [-0.4, -0.2) is 45.2 Å². The van der Waals surface area contributed by atoms with Gasteiger partial charge in [-0.25, -0.2) is 4.99 Å². The quantitative estimate of drug-likeness (QED) is 0.110. The molecule has 0 spiro atoms. The molecule has 4 N–H and O–H groups in total. The zero-order valence-electron chi connectivity index (χ0n) is 24.7. The Hall–Kier alpha value is -5.47. The van der Waals surface area contributed by atoms with Crippen molar-refractivity contribution in [2.75, 3.05) is 6.61 Å². The van der Waals surface area contributed by atoms with Gasteiger partial charge in [-0.3, -0.25) is 9.59 Å². The SMILES string of the molecule is NC(=O)c1ccc(-c2ccc(-c3ccn([C@H](CC(=O)O)C(=N[C@H](CO)Cc4ccccc4)OCc4ccccc4)c3)cc2)cc1. The van der Waals surface area contributed by atoms with Crippen LogP contribution in [-0.2, 0) is 22.6 Å². The monoisotopic (exact) mass is 601 g/mol. The lowest BCUT2D eigenvalue weighted by molar-refractivity contribution is -0.137. The molecule has 2 atom stereocenters. The fourth-order valence-electron chi connectivity index (χ4n) is 5.11. The molecule has 0 aliphatic rings. The molecule has 5 rings (SSSR count). The number of primary amides is 1. The highest BCUT2D eigenvalue weighted by Crippen LogP contribution is 2.28. The summed E-state index contributed by atoms with van der Waals surface area (Å²) in [7, 11) is 0. The van der Waals surface area contributed by atoms with E-state index in [4.69, 9.17) is 15.5 Å². The van der Waals surface area contributed by atoms with E-state index < -0.39 is 24.0 Å². The van der Waals surface area contributed by atoms with Crippen molar-refractivity contribution in [2.45, 2.75) is 31.5 Å². The van der Waals surface area contributed by atoms with Crippen molar-refractivity contribution in [1.82, 2.24) is 4.57 Å². The first kappa shape index (κ1) is 31.0. The number of aromatic nitrogens is 1. The van der Waals surface area contributed by atoms with E-state index in [0.717, 1.165) is 33.4 Å². The molecular formula is C37H35N3O5. The summed E-state index contributed by atoms with van der Waals surface area (Å²) in [5, 5.41) is 20.2. The second-order valence-corrected chi connectivity index (χ2v) is 10.7. The Kier molecular flexibility index (Phi) is 10.2. The molecule has 228 valence electrons. The fraction of sp³-hybridized carbons (Fsp3) is 0.162. The molecule has 4 aromatic carbocycles. The van der Waals surface area contributed by atoms with E-state index in [-0.39, 0.29) is 25.5 Å². The maximum absolute atomic E-state index is 12.1. The summed E-state index contributed by atoms with van der Waals surface area (Å²) in [4.78, 5) is 28.3. The van der Waals surface area contributed by atoms with Crippen molar-refractivity contribution in [3.05, 3.63) is 144 Å². The molecule has 45 heavy (non-hydrogen) atoms. The van der Waals surface area contributed by atoms with Gasteiger partial charge in [0.2, 0.25) is 11.8 Å². The molecule has 1 heterocycles. The van der Waals surface area contributed by atoms with Gasteiger partial charge in [0.05, 0.1) is 19.1 Å². The molecular weight excluding hydrogens is 566 g/mol. The van der Waals surface area contributed by atoms with Gasteiger partial charge in [-0.1, -0.05) is 97.1 Å². The summed E-state index contributed by atoms with van der Waals surface area (Å²) in [5.41, 5.74) is 11.5. The number of carbonyl (C=O) groups is 2. The number of rotatable bonds is 13. The van der Waals surface area contributed by atoms with Crippen molar-refractivity contribution in [2.24, 2.45) is 10.7 Å². The molecule has 0 radical (unpaired) electrons. The summed E-state index contributed by atoms with van der Waals surface area (Å²) >= 11 is 0. The van der Waals surface area contributed by atoms with Crippen LogP contribution in [0.3, 0.4) is 0 Å². The van der Waals surface area contributed by atoms with E-state index in [0.29, 0.717) is 12.0 Å². The zero-order valence-corrected chi connectivity index (χ0v) is 24.7. The predicted octanol–water partition coefficient (Wildman–Crippen LogP) is 6.16. The molecule has 8 heteroatoms. The molecule has 0 aliphatic heterocycles. The van der Waals surface area contributed by atoms with E-state index in [2.05, 4.69) is 0 Å². The van der Waals surface area contributed by atoms with Crippen LogP contribution in [0, 0.1) is 0 Å². The molecule has 5 aromatic rings. The summed E-state index contributed by atoms with van der Waals surface area (Å²) in [6, 6.07) is 35.1. The molecule has 0 fully saturated rings. The molecule has 0 saturated carbocycles. The Morgan fingerprint density at radius 1 is 0.756 bits per heavy atom. The minimum absolute atomic E-state index is 0.204. The standard InChI is InChI=1S/C37H35N3O5/c38-36(44)31-17-15-29(16-18-31)28-11-13-30(14-12-28)32-19-20-40(23-32)34(22-35(42)43)37(45-25-27-9-5-2-6-10-27)39-33(24-41)21-26-7-3-1-4-8-26/h1-20,23,33-34,41H,21-22,24-25H2,(H2,38,44)(H,42,43)/t33-,34+/m0/s1. The summed E-state index contributed by atoms with van der Waals surface area (Å²) in [5.74, 6) is -1.22. The van der Waals surface area contributed by atoms with Gasteiger partial charge in [-0.2, -0.15) is 0 Å². The number of aliphatic hydroxyl groups is 1. The summed E-state index contributed by atoms with van der Waals surface area (Å²) in [6.45, 7) is -0.0172. The number of aliphatic imine (C=N–C) groups is 1. The Morgan fingerprint density at radius 3 is 1.87 bits per heavy atom. The Bertz CT molecular complexity index is 1730. The summed E-state index contributed by atoms with van der Waals surface area (Å²) in [6.07, 6.45) is 3.93. The number of hydrogen-bond donors (Lipinski definition) is 3. The Labute approximate surface area is 262 Å². The molecule has 0 bridgehead atoms. The minimum atomic E-state index is -0.999. The first-order valence-corrected chi connectivity index (χ1v) is 14.7. The van der Waals surface area contributed by atoms with Gasteiger partial charge in [-0.15, -0.1) is 0 Å². The van der Waals surface area contributed by atoms with Crippen LogP contribution in [0.15, 0.2) is 133 Å². The lowest BCUT2D eigenvalue weighted by atomic mass is 10.0. The van der Waals surface area contributed by atoms with Crippen LogP contribution >= 0.6 is 0 Å². The number of amides is 1. The molecule has 0 aliphatic carbocycles. The van der Waals surface area contributed by atoms with Gasteiger partial charge < -0.3 is 25.3 Å². The van der Waals surface area contributed by atoms with E-state index >= 15 is 0 Å². The number of aliphatic hydroxyl groups excluding tert-OH is 1. The van der Waals surface area contributed by atoms with Crippen LogP contribution < -0.4 is 5.73 Å². The van der Waals surface area contributed by atoms with Crippen molar-refractivity contribution in [3.8, 4) is 22.3 Å². The maximum atomic E-state index is 12.1. The normalized spacial score (nSPS) is 12.8. The number of nitrogens with two attached hydrogens (primary N) is 1. The highest BCUT2D eigenvalue weighted by molar-refractivity contribution is 5.93. The number of hydrogen-bond acceptors (Lipinski definition) is 5. The Balaban J connectivity index is 1.43. The maximum Gasteiger partial charge on any atom is 0.305 e. The fourth-order valence-corrected chi connectivity index (χ4v) is 5.11. The largest absolute Gasteiger partial charge is 0.481 e. The second kappa shape index (κ2) is 14.8. The van der Waals surface area contributed by atoms with Gasteiger partial charge in [0.25, 0.3) is 0 Å². The zero-order chi connectivity index (χ0) is 31.6. The lowest BCUT2D eigenvalue weighted by Gasteiger charge is -2.22. The third-order valence-electron chi connectivity index (χ3n) is 7.51. The number of carboxylic acids is 1. The van der Waals surface area contributed by atoms with E-state index in [9.17, 15) is 19.8 Å². The van der Waals surface area contributed by atoms with E-state index in [1.807, 2.05) is 116 Å². The van der Waals surface area contributed by atoms with Crippen LogP contribution in [0.1, 0.15) is 33.9 Å². The first-order valence-electron chi connectivity index (χ1n) is 14.7. The van der Waals surface area contributed by atoms with Crippen LogP contribution in [0.5, 0.6) is 0 Å². The van der Waals surface area contributed by atoms with Crippen LogP contribution in [0.2, 0.25) is 0 Å². The van der Waals surface area contributed by atoms with Gasteiger partial charge in [0.15, 0.2) is 0 Å². The molecule has 0 unspecified atom stereocenters. The topological polar surface area (TPSA) is 127 Å². The predicted molar refractivity (Wildman–Crippen MR) is 175 cm³/mol. The van der Waals surface area contributed by atoms with Crippen molar-refractivity contribution in [1.29, 1.82) is 0 Å². The number of carbonyl (C=O) groups excluding carboxylic acids is 1. The lowest BCUT2D eigenvalue weighted by Crippen LogP contribution is -2.27. The Morgan fingerprint density at radius 2 is 1.31 bits per heavy atom. The van der Waals surface area contributed by atoms with Crippen molar-refractivity contribution < 1.29 is 24.5 Å². The number of aliphatic carboxylic acids is 1. The average molecular weight is 602 g/mol. The third-order valence-corrected chi connectivity index (χ3v) is 7.51. The number of ether oxygens (including phenoxy) is 1. The molecule has 0 saturated heterocycles. The average Bonchev–Trinajstić information content (AvgIpc) is 3.56. The highest BCUT2D eigenvalue weighted by Gasteiger charge is 2.25. The smallest absolute Gasteiger partial charge is 0.305 e. The van der Waals surface area contributed by atoms with Crippen LogP contribution in [0.25, 0.3) is 22.3 Å². The molecule has 1 aromatic heterocycles. The third kappa shape index (κ3) is 8.34. The van der Waals surface area contributed by atoms with E-state index in [1.165, 1.54) is 0 Å². The van der Waals surface area contributed by atoms with Crippen molar-refractivity contribution >= 4 is 17.8 Å². The minimum Gasteiger partial charge on any atom is -0.481 e. The summed E-state index contributed by atoms with van der Waals surface area (Å²) < 4.78 is 8.05.